The van der Waals surface area contributed by atoms with Gasteiger partial charge in [0.25, 0.3) is 0 Å². The van der Waals surface area contributed by atoms with Crippen LogP contribution in [0.4, 0.5) is 10.3 Å². The number of tetrazole rings is 1. The van der Waals surface area contributed by atoms with E-state index in [4.69, 9.17) is 0 Å². The second-order valence-corrected chi connectivity index (χ2v) is 3.91. The van der Waals surface area contributed by atoms with Crippen molar-refractivity contribution in [1.29, 1.82) is 0 Å². The zero-order chi connectivity index (χ0) is 13.4. The van der Waals surface area contributed by atoms with Crippen LogP contribution in [0.1, 0.15) is 11.6 Å². The molecule has 0 saturated heterocycles. The van der Waals surface area contributed by atoms with E-state index in [1.54, 1.807) is 18.2 Å². The number of halogens is 1. The van der Waals surface area contributed by atoms with Gasteiger partial charge in [0.15, 0.2) is 0 Å². The van der Waals surface area contributed by atoms with E-state index in [2.05, 4.69) is 20.8 Å². The summed E-state index contributed by atoms with van der Waals surface area (Å²) in [6.07, 6.45) is 1.30. The number of hydrogen-bond acceptors (Lipinski definition) is 6. The van der Waals surface area contributed by atoms with Crippen molar-refractivity contribution in [3.63, 3.8) is 0 Å². The van der Waals surface area contributed by atoms with Gasteiger partial charge in [0, 0.05) is 5.56 Å². The molecule has 0 fully saturated rings. The lowest BCUT2D eigenvalue weighted by Crippen LogP contribution is -2.33. The predicted molar refractivity (Wildman–Crippen MR) is 59.1 cm³/mol. The first-order valence-corrected chi connectivity index (χ1v) is 5.39. The highest BCUT2D eigenvalue weighted by Crippen LogP contribution is 2.28. The first-order valence-electron chi connectivity index (χ1n) is 5.39. The average Bonchev–Trinajstić information content (AvgIpc) is 2.86. The van der Waals surface area contributed by atoms with Gasteiger partial charge in [-0.15, -0.1) is 0 Å². The first-order chi connectivity index (χ1) is 9.16. The quantitative estimate of drug-likeness (QED) is 0.779. The van der Waals surface area contributed by atoms with E-state index in [1.807, 2.05) is 0 Å². The number of carbonyl (C=O) groups excluding carboxylic acids is 1. The van der Waals surface area contributed by atoms with Crippen molar-refractivity contribution < 1.29 is 14.3 Å². The van der Waals surface area contributed by atoms with Crippen LogP contribution >= 0.6 is 0 Å². The topological polar surface area (TPSA) is 95.8 Å². The number of allylic oxidation sites excluding steroid dienone is 1. The molecule has 0 spiro atoms. The summed E-state index contributed by atoms with van der Waals surface area (Å²) in [4.78, 5) is 10.9. The van der Waals surface area contributed by atoms with E-state index >= 15 is 0 Å². The zero-order valence-electron chi connectivity index (χ0n) is 9.45. The molecule has 1 N–H and O–H groups in total. The number of hydrogen-bond donors (Lipinski definition) is 1. The van der Waals surface area contributed by atoms with E-state index in [0.29, 0.717) is 0 Å². The number of benzene rings is 1. The van der Waals surface area contributed by atoms with Gasteiger partial charge in [-0.1, -0.05) is 23.3 Å². The molecule has 0 aliphatic carbocycles. The summed E-state index contributed by atoms with van der Waals surface area (Å²) >= 11 is 0. The molecule has 2 aromatic rings. The van der Waals surface area contributed by atoms with Crippen LogP contribution in [-0.4, -0.2) is 26.2 Å². The molecule has 1 aromatic carbocycles. The highest BCUT2D eigenvalue weighted by atomic mass is 19.1. The third kappa shape index (κ3) is 1.82. The number of rotatable bonds is 2. The molecule has 19 heavy (non-hydrogen) atoms. The molecule has 1 aliphatic heterocycles. The molecular formula is C11H7FN5O2-. The minimum Gasteiger partial charge on any atom is -0.543 e. The number of carbonyl (C=O) groups is 1. The highest BCUT2D eigenvalue weighted by Gasteiger charge is 2.25. The standard InChI is InChI=1S/C11H8FN5O2/c12-7-4-2-1-3-6(7)9-5-8(10(18)19)13-11-14-15-16-17(9)11/h1-5,9H,(H,18,19)(H,13,14,16)/p-1/t9-/m0/s1. The molecule has 1 aromatic heterocycles. The van der Waals surface area contributed by atoms with E-state index in [1.165, 1.54) is 16.8 Å². The van der Waals surface area contributed by atoms with Crippen molar-refractivity contribution in [3.8, 4) is 0 Å². The number of aromatic nitrogens is 4. The number of carboxylic acids is 1. The SMILES string of the molecule is O=C([O-])C1=C[C@@H](c2ccccc2F)n2nnnc2N1. The lowest BCUT2D eigenvalue weighted by molar-refractivity contribution is -0.299. The van der Waals surface area contributed by atoms with Gasteiger partial charge in [0.1, 0.15) is 11.9 Å². The molecule has 0 bridgehead atoms. The van der Waals surface area contributed by atoms with Gasteiger partial charge in [-0.3, -0.25) is 0 Å². The van der Waals surface area contributed by atoms with Crippen LogP contribution in [0.3, 0.4) is 0 Å². The molecule has 8 heteroatoms. The minimum absolute atomic E-state index is 0.120. The normalized spacial score (nSPS) is 17.3. The van der Waals surface area contributed by atoms with Crippen molar-refractivity contribution in [2.45, 2.75) is 6.04 Å². The first kappa shape index (κ1) is 11.3. The Morgan fingerprint density at radius 2 is 2.21 bits per heavy atom. The third-order valence-corrected chi connectivity index (χ3v) is 2.77. The van der Waals surface area contributed by atoms with Crippen LogP contribution < -0.4 is 10.4 Å². The molecule has 0 radical (unpaired) electrons. The summed E-state index contributed by atoms with van der Waals surface area (Å²) in [7, 11) is 0. The Labute approximate surface area is 106 Å². The third-order valence-electron chi connectivity index (χ3n) is 2.77. The van der Waals surface area contributed by atoms with Gasteiger partial charge >= 0.3 is 0 Å². The van der Waals surface area contributed by atoms with Crippen LogP contribution in [-0.2, 0) is 4.79 Å². The summed E-state index contributed by atoms with van der Waals surface area (Å²) in [5.74, 6) is -1.75. The highest BCUT2D eigenvalue weighted by molar-refractivity contribution is 5.88. The number of carboxylic acid groups (broad SMARTS) is 1. The average molecular weight is 260 g/mol. The van der Waals surface area contributed by atoms with Gasteiger partial charge in [0.2, 0.25) is 5.95 Å². The van der Waals surface area contributed by atoms with E-state index in [9.17, 15) is 14.3 Å². The molecule has 7 nitrogen and oxygen atoms in total. The van der Waals surface area contributed by atoms with Crippen molar-refractivity contribution in [2.24, 2.45) is 0 Å². The van der Waals surface area contributed by atoms with Crippen molar-refractivity contribution >= 4 is 11.9 Å². The fourth-order valence-electron chi connectivity index (χ4n) is 1.91. The molecule has 1 atom stereocenters. The zero-order valence-corrected chi connectivity index (χ0v) is 9.45. The molecule has 0 amide bonds. The Bertz CT molecular complexity index is 681. The van der Waals surface area contributed by atoms with Crippen LogP contribution in [0.15, 0.2) is 36.0 Å². The predicted octanol–water partition coefficient (Wildman–Crippen LogP) is -0.539. The largest absolute Gasteiger partial charge is 0.543 e. The van der Waals surface area contributed by atoms with Gasteiger partial charge in [-0.25, -0.2) is 4.39 Å². The van der Waals surface area contributed by atoms with Gasteiger partial charge in [-0.2, -0.15) is 4.68 Å². The maximum atomic E-state index is 13.8. The molecule has 96 valence electrons. The fourth-order valence-corrected chi connectivity index (χ4v) is 1.91. The lowest BCUT2D eigenvalue weighted by atomic mass is 10.0. The Morgan fingerprint density at radius 1 is 1.42 bits per heavy atom. The summed E-state index contributed by atoms with van der Waals surface area (Å²) in [5, 5.41) is 24.2. The Balaban J connectivity index is 2.15. The van der Waals surface area contributed by atoms with Crippen LogP contribution in [0, 0.1) is 5.82 Å². The van der Waals surface area contributed by atoms with Crippen molar-refractivity contribution in [3.05, 3.63) is 47.4 Å². The van der Waals surface area contributed by atoms with Gasteiger partial charge < -0.3 is 15.2 Å². The monoisotopic (exact) mass is 260 g/mol. The Morgan fingerprint density at radius 3 is 2.95 bits per heavy atom. The number of anilines is 1. The second-order valence-electron chi connectivity index (χ2n) is 3.91. The lowest BCUT2D eigenvalue weighted by Gasteiger charge is -2.23. The number of nitrogens with one attached hydrogen (secondary N) is 1. The summed E-state index contributed by atoms with van der Waals surface area (Å²) < 4.78 is 15.1. The van der Waals surface area contributed by atoms with E-state index in [-0.39, 0.29) is 17.2 Å². The van der Waals surface area contributed by atoms with E-state index < -0.39 is 17.8 Å². The minimum atomic E-state index is -1.41. The Hall–Kier alpha value is -2.77. The number of aliphatic carboxylic acids is 1. The van der Waals surface area contributed by atoms with Gasteiger partial charge in [-0.05, 0) is 22.6 Å². The maximum Gasteiger partial charge on any atom is 0.248 e. The smallest absolute Gasteiger partial charge is 0.248 e. The number of fused-ring (bicyclic) bond motifs is 1. The molecule has 0 saturated carbocycles. The van der Waals surface area contributed by atoms with Crippen LogP contribution in [0.25, 0.3) is 0 Å². The van der Waals surface area contributed by atoms with Crippen LogP contribution in [0.5, 0.6) is 0 Å². The molecule has 3 rings (SSSR count). The molecule has 0 unspecified atom stereocenters. The summed E-state index contributed by atoms with van der Waals surface area (Å²) in [5.41, 5.74) is 0.0758. The van der Waals surface area contributed by atoms with Gasteiger partial charge in [0.05, 0.1) is 11.7 Å². The Kier molecular flexibility index (Phi) is 2.48. The fraction of sp³-hybridized carbons (Fsp3) is 0.0909. The summed E-state index contributed by atoms with van der Waals surface area (Å²) in [6, 6.07) is 5.29. The summed E-state index contributed by atoms with van der Waals surface area (Å²) in [6.45, 7) is 0. The molecular weight excluding hydrogens is 253 g/mol. The molecule has 1 aliphatic rings. The molecule has 2 heterocycles. The maximum absolute atomic E-state index is 13.8. The van der Waals surface area contributed by atoms with Crippen molar-refractivity contribution in [1.82, 2.24) is 20.2 Å². The second kappa shape index (κ2) is 4.16. The van der Waals surface area contributed by atoms with Crippen molar-refractivity contribution in [2.75, 3.05) is 5.32 Å². The van der Waals surface area contributed by atoms with Crippen LogP contribution in [0.2, 0.25) is 0 Å². The van der Waals surface area contributed by atoms with E-state index in [0.717, 1.165) is 0 Å². The number of nitrogens with zero attached hydrogens (tertiary/aromatic N) is 4.